The zero-order valence-corrected chi connectivity index (χ0v) is 20.8. The van der Waals surface area contributed by atoms with Crippen LogP contribution < -0.4 is 5.56 Å². The normalized spacial score (nSPS) is 16.7. The Bertz CT molecular complexity index is 1350. The molecule has 1 saturated heterocycles. The summed E-state index contributed by atoms with van der Waals surface area (Å²) in [5.41, 5.74) is 5.42. The van der Waals surface area contributed by atoms with Gasteiger partial charge in [0.25, 0.3) is 5.56 Å². The highest BCUT2D eigenvalue weighted by Gasteiger charge is 2.32. The van der Waals surface area contributed by atoms with Gasteiger partial charge in [0.1, 0.15) is 0 Å². The van der Waals surface area contributed by atoms with E-state index in [-0.39, 0.29) is 24.8 Å². The third-order valence-corrected chi connectivity index (χ3v) is 8.62. The summed E-state index contributed by atoms with van der Waals surface area (Å²) in [6.45, 7) is 10.4. The van der Waals surface area contributed by atoms with E-state index in [0.717, 1.165) is 40.4 Å². The lowest BCUT2D eigenvalue weighted by molar-refractivity contribution is 0.0925. The van der Waals surface area contributed by atoms with E-state index >= 15 is 0 Å². The Labute approximate surface area is 195 Å². The van der Waals surface area contributed by atoms with Crippen LogP contribution in [0, 0.1) is 34.6 Å². The molecule has 1 aliphatic heterocycles. The van der Waals surface area contributed by atoms with Crippen LogP contribution in [0.3, 0.4) is 0 Å². The lowest BCUT2D eigenvalue weighted by Crippen LogP contribution is -2.39. The molecule has 3 aromatic rings. The minimum atomic E-state index is -3.85. The highest BCUT2D eigenvalue weighted by Crippen LogP contribution is 2.28. The van der Waals surface area contributed by atoms with E-state index in [1.165, 1.54) is 4.31 Å². The average molecular weight is 469 g/mol. The molecule has 1 N–H and O–H groups in total. The van der Waals surface area contributed by atoms with E-state index in [0.29, 0.717) is 28.2 Å². The molecule has 1 aromatic heterocycles. The first-order chi connectivity index (χ1) is 15.6. The summed E-state index contributed by atoms with van der Waals surface area (Å²) in [6, 6.07) is 9.60. The molecule has 1 atom stereocenters. The number of aryl methyl sites for hydroxylation is 5. The number of pyridine rings is 1. The van der Waals surface area contributed by atoms with Gasteiger partial charge in [0.15, 0.2) is 0 Å². The minimum Gasteiger partial charge on any atom is -0.377 e. The largest absolute Gasteiger partial charge is 0.377 e. The van der Waals surface area contributed by atoms with E-state index in [1.54, 1.807) is 0 Å². The van der Waals surface area contributed by atoms with Crippen molar-refractivity contribution in [2.24, 2.45) is 0 Å². The van der Waals surface area contributed by atoms with Crippen LogP contribution in [0.25, 0.3) is 10.9 Å². The summed E-state index contributed by atoms with van der Waals surface area (Å²) >= 11 is 0. The van der Waals surface area contributed by atoms with Gasteiger partial charge < -0.3 is 9.72 Å². The molecule has 0 amide bonds. The SMILES string of the molecule is Cc1cc(C)c(S(=O)(=O)N(Cc2cc3c(C)ccc(C)c3[nH]c2=O)CC2CCCO2)c(C)c1. The summed E-state index contributed by atoms with van der Waals surface area (Å²) in [6.07, 6.45) is 1.55. The molecule has 33 heavy (non-hydrogen) atoms. The van der Waals surface area contributed by atoms with Crippen molar-refractivity contribution < 1.29 is 13.2 Å². The van der Waals surface area contributed by atoms with Gasteiger partial charge in [0, 0.05) is 30.6 Å². The monoisotopic (exact) mass is 468 g/mol. The Kier molecular flexibility index (Phi) is 6.49. The highest BCUT2D eigenvalue weighted by atomic mass is 32.2. The number of nitrogens with zero attached hydrogens (tertiary/aromatic N) is 1. The van der Waals surface area contributed by atoms with Crippen LogP contribution in [0.2, 0.25) is 0 Å². The van der Waals surface area contributed by atoms with E-state index in [9.17, 15) is 13.2 Å². The summed E-state index contributed by atoms with van der Waals surface area (Å²) in [4.78, 5) is 16.3. The number of benzene rings is 2. The zero-order chi connectivity index (χ0) is 23.9. The van der Waals surface area contributed by atoms with Gasteiger partial charge in [-0.15, -0.1) is 0 Å². The molecular formula is C26H32N2O4S. The van der Waals surface area contributed by atoms with Gasteiger partial charge in [0.05, 0.1) is 16.5 Å². The highest BCUT2D eigenvalue weighted by molar-refractivity contribution is 7.89. The summed E-state index contributed by atoms with van der Waals surface area (Å²) in [7, 11) is -3.85. The van der Waals surface area contributed by atoms with Crippen molar-refractivity contribution in [1.29, 1.82) is 0 Å². The molecule has 0 radical (unpaired) electrons. The Balaban J connectivity index is 1.81. The molecule has 0 saturated carbocycles. The first-order valence-electron chi connectivity index (χ1n) is 11.4. The van der Waals surface area contributed by atoms with Crippen molar-refractivity contribution in [2.45, 2.75) is 65.0 Å². The fraction of sp³-hybridized carbons (Fsp3) is 0.423. The molecule has 6 nitrogen and oxygen atoms in total. The number of fused-ring (bicyclic) bond motifs is 1. The number of rotatable bonds is 6. The molecule has 0 spiro atoms. The lowest BCUT2D eigenvalue weighted by Gasteiger charge is -2.26. The molecule has 7 heteroatoms. The van der Waals surface area contributed by atoms with E-state index in [1.807, 2.05) is 65.0 Å². The van der Waals surface area contributed by atoms with Gasteiger partial charge >= 0.3 is 0 Å². The number of hydrogen-bond acceptors (Lipinski definition) is 4. The Hall–Kier alpha value is -2.48. The van der Waals surface area contributed by atoms with Crippen molar-refractivity contribution in [3.8, 4) is 0 Å². The first-order valence-corrected chi connectivity index (χ1v) is 12.8. The molecule has 1 aliphatic rings. The van der Waals surface area contributed by atoms with Crippen LogP contribution in [-0.4, -0.2) is 37.0 Å². The topological polar surface area (TPSA) is 79.5 Å². The summed E-state index contributed by atoms with van der Waals surface area (Å²) < 4.78 is 35.1. The fourth-order valence-corrected chi connectivity index (χ4v) is 6.75. The van der Waals surface area contributed by atoms with E-state index < -0.39 is 10.0 Å². The maximum atomic E-state index is 13.9. The van der Waals surface area contributed by atoms with Gasteiger partial charge in [0.2, 0.25) is 10.0 Å². The van der Waals surface area contributed by atoms with E-state index in [2.05, 4.69) is 4.98 Å². The Morgan fingerprint density at radius 2 is 1.67 bits per heavy atom. The van der Waals surface area contributed by atoms with Gasteiger partial charge in [-0.2, -0.15) is 4.31 Å². The number of H-pyrrole nitrogens is 1. The second-order valence-corrected chi connectivity index (χ2v) is 11.1. The van der Waals surface area contributed by atoms with Crippen LogP contribution in [0.1, 0.15) is 46.2 Å². The maximum Gasteiger partial charge on any atom is 0.252 e. The van der Waals surface area contributed by atoms with Gasteiger partial charge in [-0.25, -0.2) is 8.42 Å². The molecule has 176 valence electrons. The third kappa shape index (κ3) is 4.63. The zero-order valence-electron chi connectivity index (χ0n) is 20.0. The second-order valence-electron chi connectivity index (χ2n) is 9.27. The van der Waals surface area contributed by atoms with Crippen LogP contribution in [0.5, 0.6) is 0 Å². The number of aromatic amines is 1. The Morgan fingerprint density at radius 1 is 1.00 bits per heavy atom. The minimum absolute atomic E-state index is 0.00634. The van der Waals surface area contributed by atoms with Crippen LogP contribution in [0.15, 0.2) is 40.0 Å². The van der Waals surface area contributed by atoms with Crippen LogP contribution >= 0.6 is 0 Å². The standard InChI is InChI=1S/C26H32N2O4S/c1-16-11-19(4)25(20(5)12-16)33(30,31)28(15-22-7-6-10-32-22)14-21-13-23-17(2)8-9-18(3)24(23)27-26(21)29/h8-9,11-13,22H,6-7,10,14-15H2,1-5H3,(H,27,29). The van der Waals surface area contributed by atoms with Crippen molar-refractivity contribution in [1.82, 2.24) is 9.29 Å². The van der Waals surface area contributed by atoms with Gasteiger partial charge in [-0.05, 0) is 75.8 Å². The van der Waals surface area contributed by atoms with Crippen molar-refractivity contribution >= 4 is 20.9 Å². The molecule has 1 unspecified atom stereocenters. The molecule has 1 fully saturated rings. The fourth-order valence-electron chi connectivity index (χ4n) is 4.89. The van der Waals surface area contributed by atoms with Crippen LogP contribution in [0.4, 0.5) is 0 Å². The molecule has 4 rings (SSSR count). The number of hydrogen-bond donors (Lipinski definition) is 1. The third-order valence-electron chi connectivity index (χ3n) is 6.50. The average Bonchev–Trinajstić information content (AvgIpc) is 3.23. The molecule has 2 aromatic carbocycles. The van der Waals surface area contributed by atoms with Crippen molar-refractivity contribution in [3.63, 3.8) is 0 Å². The lowest BCUT2D eigenvalue weighted by atomic mass is 10.0. The second kappa shape index (κ2) is 9.05. The number of nitrogens with one attached hydrogen (secondary N) is 1. The van der Waals surface area contributed by atoms with Crippen molar-refractivity contribution in [3.05, 3.63) is 74.1 Å². The predicted molar refractivity (Wildman–Crippen MR) is 131 cm³/mol. The van der Waals surface area contributed by atoms with Gasteiger partial charge in [-0.3, -0.25) is 4.79 Å². The molecule has 2 heterocycles. The summed E-state index contributed by atoms with van der Waals surface area (Å²) in [5, 5.41) is 0.932. The Morgan fingerprint density at radius 3 is 2.30 bits per heavy atom. The van der Waals surface area contributed by atoms with E-state index in [4.69, 9.17) is 4.74 Å². The van der Waals surface area contributed by atoms with Crippen molar-refractivity contribution in [2.75, 3.05) is 13.2 Å². The van der Waals surface area contributed by atoms with Gasteiger partial charge in [-0.1, -0.05) is 29.8 Å². The molecular weight excluding hydrogens is 436 g/mol. The van der Waals surface area contributed by atoms with Crippen LogP contribution in [-0.2, 0) is 21.3 Å². The molecule has 0 bridgehead atoms. The maximum absolute atomic E-state index is 13.9. The smallest absolute Gasteiger partial charge is 0.252 e. The quantitative estimate of drug-likeness (QED) is 0.580. The molecule has 0 aliphatic carbocycles. The first kappa shape index (κ1) is 23.7. The number of aromatic nitrogens is 1. The predicted octanol–water partition coefficient (Wildman–Crippen LogP) is 4.44. The number of sulfonamides is 1. The number of ether oxygens (including phenoxy) is 1. The summed E-state index contributed by atoms with van der Waals surface area (Å²) in [5.74, 6) is 0.